The molecule has 18 heavy (non-hydrogen) atoms. The number of aromatic nitrogens is 1. The lowest BCUT2D eigenvalue weighted by Crippen LogP contribution is -2.48. The molecule has 0 amide bonds. The molecule has 2 rings (SSSR count). The lowest BCUT2D eigenvalue weighted by Gasteiger charge is -2.38. The molecule has 1 aromatic heterocycles. The van der Waals surface area contributed by atoms with Gasteiger partial charge >= 0.3 is 0 Å². The van der Waals surface area contributed by atoms with Crippen molar-refractivity contribution in [2.24, 2.45) is 0 Å². The van der Waals surface area contributed by atoms with E-state index >= 15 is 0 Å². The van der Waals surface area contributed by atoms with Gasteiger partial charge in [0.15, 0.2) is 0 Å². The quantitative estimate of drug-likeness (QED) is 0.884. The van der Waals surface area contributed by atoms with Crippen LogP contribution in [-0.2, 0) is 0 Å². The van der Waals surface area contributed by atoms with E-state index in [1.165, 1.54) is 0 Å². The molecule has 4 heteroatoms. The maximum absolute atomic E-state index is 9.44. The Morgan fingerprint density at radius 3 is 2.22 bits per heavy atom. The highest BCUT2D eigenvalue weighted by atomic mass is 16.3. The number of hydrogen-bond donors (Lipinski definition) is 1. The largest absolute Gasteiger partial charge is 0.387 e. The molecule has 1 saturated heterocycles. The lowest BCUT2D eigenvalue weighted by molar-refractivity contribution is 0.194. The Labute approximate surface area is 109 Å². The summed E-state index contributed by atoms with van der Waals surface area (Å²) in [5.41, 5.74) is 1.89. The molecule has 2 heterocycles. The predicted octanol–water partition coefficient (Wildman–Crippen LogP) is 1.67. The van der Waals surface area contributed by atoms with E-state index in [0.717, 1.165) is 37.6 Å². The number of piperazine rings is 1. The van der Waals surface area contributed by atoms with Gasteiger partial charge in [-0.3, -0.25) is 9.88 Å². The van der Waals surface area contributed by atoms with Crippen LogP contribution in [0, 0.1) is 0 Å². The zero-order chi connectivity index (χ0) is 13.1. The van der Waals surface area contributed by atoms with Gasteiger partial charge in [0.2, 0.25) is 0 Å². The number of anilines is 1. The molecule has 100 valence electrons. The second-order valence-electron chi connectivity index (χ2n) is 5.23. The molecular weight excluding hydrogens is 226 g/mol. The number of aliphatic hydroxyl groups is 1. The predicted molar refractivity (Wildman–Crippen MR) is 73.8 cm³/mol. The molecule has 0 saturated carbocycles. The van der Waals surface area contributed by atoms with E-state index in [1.54, 1.807) is 6.92 Å². The highest BCUT2D eigenvalue weighted by Gasteiger charge is 2.19. The standard InChI is InChI=1S/C14H23N3O/c1-11(2)16-6-8-17(9-7-16)13-4-5-14(12(3)18)15-10-13/h4-5,10-12,18H,6-9H2,1-3H3. The summed E-state index contributed by atoms with van der Waals surface area (Å²) in [5, 5.41) is 9.44. The Morgan fingerprint density at radius 2 is 1.78 bits per heavy atom. The molecule has 1 unspecified atom stereocenters. The van der Waals surface area contributed by atoms with E-state index in [1.807, 2.05) is 12.3 Å². The van der Waals surface area contributed by atoms with Crippen molar-refractivity contribution in [2.45, 2.75) is 32.9 Å². The third kappa shape index (κ3) is 3.00. The van der Waals surface area contributed by atoms with Crippen LogP contribution in [0.2, 0.25) is 0 Å². The fraction of sp³-hybridized carbons (Fsp3) is 0.643. The minimum absolute atomic E-state index is 0.489. The van der Waals surface area contributed by atoms with Gasteiger partial charge in [0, 0.05) is 32.2 Å². The van der Waals surface area contributed by atoms with Gasteiger partial charge in [0.1, 0.15) is 0 Å². The summed E-state index contributed by atoms with van der Waals surface area (Å²) in [5.74, 6) is 0. The second-order valence-corrected chi connectivity index (χ2v) is 5.23. The van der Waals surface area contributed by atoms with E-state index in [9.17, 15) is 5.11 Å². The fourth-order valence-electron chi connectivity index (χ4n) is 2.33. The molecule has 0 aromatic carbocycles. The first-order valence-electron chi connectivity index (χ1n) is 6.71. The summed E-state index contributed by atoms with van der Waals surface area (Å²) in [6.07, 6.45) is 1.38. The molecule has 0 aliphatic carbocycles. The van der Waals surface area contributed by atoms with Gasteiger partial charge in [-0.05, 0) is 32.9 Å². The zero-order valence-corrected chi connectivity index (χ0v) is 11.5. The van der Waals surface area contributed by atoms with Crippen molar-refractivity contribution in [1.29, 1.82) is 0 Å². The Morgan fingerprint density at radius 1 is 1.11 bits per heavy atom. The Balaban J connectivity index is 1.97. The Hall–Kier alpha value is -1.13. The minimum atomic E-state index is -0.489. The molecule has 4 nitrogen and oxygen atoms in total. The lowest BCUT2D eigenvalue weighted by atomic mass is 10.2. The topological polar surface area (TPSA) is 39.6 Å². The normalized spacial score (nSPS) is 19.3. The fourth-order valence-corrected chi connectivity index (χ4v) is 2.33. The number of hydrogen-bond acceptors (Lipinski definition) is 4. The summed E-state index contributed by atoms with van der Waals surface area (Å²) in [6.45, 7) is 10.5. The van der Waals surface area contributed by atoms with Crippen LogP contribution < -0.4 is 4.90 Å². The van der Waals surface area contributed by atoms with Crippen LogP contribution in [0.15, 0.2) is 18.3 Å². The number of rotatable bonds is 3. The van der Waals surface area contributed by atoms with E-state index in [-0.39, 0.29) is 0 Å². The molecule has 1 aliphatic rings. The summed E-state index contributed by atoms with van der Waals surface area (Å²) in [7, 11) is 0. The molecule has 1 atom stereocenters. The zero-order valence-electron chi connectivity index (χ0n) is 11.5. The molecule has 0 spiro atoms. The van der Waals surface area contributed by atoms with E-state index in [4.69, 9.17) is 0 Å². The van der Waals surface area contributed by atoms with Crippen molar-refractivity contribution in [2.75, 3.05) is 31.1 Å². The van der Waals surface area contributed by atoms with E-state index in [2.05, 4.69) is 34.7 Å². The van der Waals surface area contributed by atoms with E-state index < -0.39 is 6.10 Å². The molecule has 1 fully saturated rings. The molecule has 0 radical (unpaired) electrons. The van der Waals surface area contributed by atoms with Crippen LogP contribution in [0.25, 0.3) is 0 Å². The van der Waals surface area contributed by atoms with Gasteiger partial charge in [0.25, 0.3) is 0 Å². The van der Waals surface area contributed by atoms with Crippen molar-refractivity contribution in [1.82, 2.24) is 9.88 Å². The van der Waals surface area contributed by atoms with Crippen molar-refractivity contribution in [3.63, 3.8) is 0 Å². The molecule has 1 aromatic rings. The average Bonchev–Trinajstić information content (AvgIpc) is 2.39. The second kappa shape index (κ2) is 5.67. The molecule has 0 bridgehead atoms. The SMILES string of the molecule is CC(O)c1ccc(N2CCN(C(C)C)CC2)cn1. The van der Waals surface area contributed by atoms with Crippen LogP contribution in [0.5, 0.6) is 0 Å². The maximum Gasteiger partial charge on any atom is 0.0931 e. The monoisotopic (exact) mass is 249 g/mol. The van der Waals surface area contributed by atoms with Gasteiger partial charge < -0.3 is 10.0 Å². The maximum atomic E-state index is 9.44. The van der Waals surface area contributed by atoms with Crippen molar-refractivity contribution in [3.8, 4) is 0 Å². The van der Waals surface area contributed by atoms with Crippen molar-refractivity contribution in [3.05, 3.63) is 24.0 Å². The number of nitrogens with zero attached hydrogens (tertiary/aromatic N) is 3. The first-order valence-corrected chi connectivity index (χ1v) is 6.71. The van der Waals surface area contributed by atoms with Gasteiger partial charge in [-0.1, -0.05) is 0 Å². The van der Waals surface area contributed by atoms with Gasteiger partial charge in [-0.15, -0.1) is 0 Å². The van der Waals surface area contributed by atoms with Gasteiger partial charge in [0.05, 0.1) is 23.7 Å². The Kier molecular flexibility index (Phi) is 4.19. The number of aliphatic hydroxyl groups excluding tert-OH is 1. The third-order valence-electron chi connectivity index (χ3n) is 3.61. The Bertz CT molecular complexity index is 367. The summed E-state index contributed by atoms with van der Waals surface area (Å²) in [6, 6.07) is 4.59. The van der Waals surface area contributed by atoms with E-state index in [0.29, 0.717) is 6.04 Å². The van der Waals surface area contributed by atoms with Crippen molar-refractivity contribution >= 4 is 5.69 Å². The van der Waals surface area contributed by atoms with Crippen LogP contribution in [0.3, 0.4) is 0 Å². The third-order valence-corrected chi connectivity index (χ3v) is 3.61. The molecule has 1 N–H and O–H groups in total. The summed E-state index contributed by atoms with van der Waals surface area (Å²) < 4.78 is 0. The van der Waals surface area contributed by atoms with Crippen LogP contribution in [0.1, 0.15) is 32.6 Å². The van der Waals surface area contributed by atoms with Crippen LogP contribution >= 0.6 is 0 Å². The van der Waals surface area contributed by atoms with Gasteiger partial charge in [-0.2, -0.15) is 0 Å². The van der Waals surface area contributed by atoms with Gasteiger partial charge in [-0.25, -0.2) is 0 Å². The first-order chi connectivity index (χ1) is 8.58. The minimum Gasteiger partial charge on any atom is -0.387 e. The summed E-state index contributed by atoms with van der Waals surface area (Å²) in [4.78, 5) is 9.16. The van der Waals surface area contributed by atoms with Crippen LogP contribution in [0.4, 0.5) is 5.69 Å². The molecular formula is C14H23N3O. The summed E-state index contributed by atoms with van der Waals surface area (Å²) >= 11 is 0. The highest BCUT2D eigenvalue weighted by Crippen LogP contribution is 2.18. The number of pyridine rings is 1. The first kappa shape index (κ1) is 13.3. The molecule has 1 aliphatic heterocycles. The highest BCUT2D eigenvalue weighted by molar-refractivity contribution is 5.45. The average molecular weight is 249 g/mol. The van der Waals surface area contributed by atoms with Crippen LogP contribution in [-0.4, -0.2) is 47.2 Å². The van der Waals surface area contributed by atoms with Crippen molar-refractivity contribution < 1.29 is 5.11 Å². The smallest absolute Gasteiger partial charge is 0.0931 e.